The highest BCUT2D eigenvalue weighted by atomic mass is 16.3. The lowest BCUT2D eigenvalue weighted by atomic mass is 9.85. The van der Waals surface area contributed by atoms with Crippen molar-refractivity contribution in [2.24, 2.45) is 5.41 Å². The van der Waals surface area contributed by atoms with Gasteiger partial charge in [-0.3, -0.25) is 4.98 Å². The van der Waals surface area contributed by atoms with Gasteiger partial charge in [0.2, 0.25) is 5.71 Å². The Morgan fingerprint density at radius 2 is 1.82 bits per heavy atom. The van der Waals surface area contributed by atoms with Crippen LogP contribution in [0.3, 0.4) is 0 Å². The van der Waals surface area contributed by atoms with Gasteiger partial charge in [0.1, 0.15) is 5.58 Å². The molecule has 33 heavy (non-hydrogen) atoms. The van der Waals surface area contributed by atoms with Crippen molar-refractivity contribution in [3.8, 4) is 11.3 Å². The van der Waals surface area contributed by atoms with Crippen molar-refractivity contribution >= 4 is 32.8 Å². The molecule has 1 aliphatic carbocycles. The molecule has 6 rings (SSSR count). The maximum Gasteiger partial charge on any atom is 0.227 e. The van der Waals surface area contributed by atoms with E-state index < -0.39 is 0 Å². The summed E-state index contributed by atoms with van der Waals surface area (Å²) in [4.78, 5) is 9.62. The molecule has 0 amide bonds. The highest BCUT2D eigenvalue weighted by Gasteiger charge is 2.33. The zero-order valence-electron chi connectivity index (χ0n) is 20.1. The number of hydrogen-bond acceptors (Lipinski definition) is 3. The zero-order valence-corrected chi connectivity index (χ0v) is 20.1. The fourth-order valence-electron chi connectivity index (χ4n) is 5.93. The van der Waals surface area contributed by atoms with E-state index in [4.69, 9.17) is 9.40 Å². The number of fused-ring (bicyclic) bond motifs is 4. The Labute approximate surface area is 194 Å². The summed E-state index contributed by atoms with van der Waals surface area (Å²) in [7, 11) is 0. The Kier molecular flexibility index (Phi) is 4.42. The first-order valence-electron chi connectivity index (χ1n) is 12.0. The number of aromatic nitrogens is 2. The average molecular weight is 435 g/mol. The van der Waals surface area contributed by atoms with Gasteiger partial charge in [-0.25, -0.2) is 4.98 Å². The number of aryl methyl sites for hydroxylation is 3. The summed E-state index contributed by atoms with van der Waals surface area (Å²) in [6.45, 7) is 11.1. The Bertz CT molecular complexity index is 1560. The molecule has 0 aliphatic heterocycles. The smallest absolute Gasteiger partial charge is 0.227 e. The van der Waals surface area contributed by atoms with Crippen molar-refractivity contribution < 1.29 is 4.42 Å². The number of rotatable bonds is 2. The highest BCUT2D eigenvalue weighted by Crippen LogP contribution is 2.48. The summed E-state index contributed by atoms with van der Waals surface area (Å²) in [5, 5.41) is 4.75. The lowest BCUT2D eigenvalue weighted by Gasteiger charge is -2.20. The molecule has 1 aliphatic rings. The van der Waals surface area contributed by atoms with Crippen molar-refractivity contribution in [2.75, 3.05) is 0 Å². The van der Waals surface area contributed by atoms with E-state index >= 15 is 0 Å². The van der Waals surface area contributed by atoms with Crippen LogP contribution in [0, 0.1) is 26.2 Å². The van der Waals surface area contributed by atoms with E-state index in [-0.39, 0.29) is 0 Å². The third-order valence-corrected chi connectivity index (χ3v) is 7.52. The largest absolute Gasteiger partial charge is 0.437 e. The summed E-state index contributed by atoms with van der Waals surface area (Å²) in [5.74, 6) is 0.605. The van der Waals surface area contributed by atoms with Gasteiger partial charge in [-0.1, -0.05) is 32.0 Å². The standard InChI is InChI=1S/C30H30N2O/c1-17-13-24-22-10-9-19(3)32-29(22)33-28(24)25(14-17)27-23-8-6-7-21(26(23)18(2)16-31-27)20-11-12-30(4,5)15-20/h6-10,13-14,16,20H,11-12,15H2,1-5H3. The first-order chi connectivity index (χ1) is 15.8. The van der Waals surface area contributed by atoms with Crippen LogP contribution in [0.2, 0.25) is 0 Å². The van der Waals surface area contributed by atoms with Gasteiger partial charge in [0.15, 0.2) is 0 Å². The summed E-state index contributed by atoms with van der Waals surface area (Å²) >= 11 is 0. The number of furan rings is 1. The van der Waals surface area contributed by atoms with E-state index in [1.165, 1.54) is 46.7 Å². The zero-order chi connectivity index (χ0) is 22.9. The molecule has 0 bridgehead atoms. The van der Waals surface area contributed by atoms with Crippen LogP contribution in [0.1, 0.15) is 61.4 Å². The second-order valence-corrected chi connectivity index (χ2v) is 10.8. The highest BCUT2D eigenvalue weighted by molar-refractivity contribution is 6.11. The molecule has 0 spiro atoms. The molecule has 2 aromatic carbocycles. The first-order valence-corrected chi connectivity index (χ1v) is 12.0. The molecule has 0 radical (unpaired) electrons. The van der Waals surface area contributed by atoms with E-state index in [2.05, 4.69) is 69.1 Å². The van der Waals surface area contributed by atoms with Crippen molar-refractivity contribution in [1.82, 2.24) is 9.97 Å². The van der Waals surface area contributed by atoms with Crippen molar-refractivity contribution in [2.45, 2.75) is 59.8 Å². The summed E-state index contributed by atoms with van der Waals surface area (Å²) in [5.41, 5.74) is 8.92. The van der Waals surface area contributed by atoms with Crippen molar-refractivity contribution in [3.05, 3.63) is 71.0 Å². The van der Waals surface area contributed by atoms with Crippen LogP contribution in [0.4, 0.5) is 0 Å². The molecule has 3 heteroatoms. The lowest BCUT2D eigenvalue weighted by Crippen LogP contribution is -2.05. The quantitative estimate of drug-likeness (QED) is 0.280. The van der Waals surface area contributed by atoms with Gasteiger partial charge in [0.05, 0.1) is 5.69 Å². The fourth-order valence-corrected chi connectivity index (χ4v) is 5.93. The maximum absolute atomic E-state index is 6.36. The molecule has 0 saturated heterocycles. The van der Waals surface area contributed by atoms with Crippen molar-refractivity contribution in [3.63, 3.8) is 0 Å². The van der Waals surface area contributed by atoms with Gasteiger partial charge in [-0.15, -0.1) is 0 Å². The van der Waals surface area contributed by atoms with E-state index in [1.54, 1.807) is 0 Å². The molecule has 166 valence electrons. The Hall–Kier alpha value is -3.20. The third kappa shape index (κ3) is 3.25. The molecule has 1 atom stereocenters. The fraction of sp³-hybridized carbons (Fsp3) is 0.333. The lowest BCUT2D eigenvalue weighted by molar-refractivity contribution is 0.376. The molecular weight excluding hydrogens is 404 g/mol. The van der Waals surface area contributed by atoms with Crippen LogP contribution in [0.25, 0.3) is 44.1 Å². The molecule has 3 heterocycles. The maximum atomic E-state index is 6.36. The topological polar surface area (TPSA) is 38.9 Å². The Balaban J connectivity index is 1.64. The number of hydrogen-bond donors (Lipinski definition) is 0. The number of benzene rings is 2. The van der Waals surface area contributed by atoms with Gasteiger partial charge in [0, 0.05) is 33.6 Å². The normalized spacial score (nSPS) is 18.0. The van der Waals surface area contributed by atoms with Crippen LogP contribution >= 0.6 is 0 Å². The van der Waals surface area contributed by atoms with Crippen molar-refractivity contribution in [1.29, 1.82) is 0 Å². The minimum Gasteiger partial charge on any atom is -0.437 e. The molecule has 1 unspecified atom stereocenters. The van der Waals surface area contributed by atoms with Gasteiger partial charge in [-0.2, -0.15) is 0 Å². The summed E-state index contributed by atoms with van der Waals surface area (Å²) in [6.07, 6.45) is 5.83. The second-order valence-electron chi connectivity index (χ2n) is 10.8. The molecule has 5 aromatic rings. The van der Waals surface area contributed by atoms with Crippen LogP contribution in [0.15, 0.2) is 53.1 Å². The molecular formula is C30H30N2O. The predicted octanol–water partition coefficient (Wildman–Crippen LogP) is 8.42. The Morgan fingerprint density at radius 1 is 0.970 bits per heavy atom. The molecule has 0 N–H and O–H groups in total. The average Bonchev–Trinajstić information content (AvgIpc) is 3.32. The molecule has 3 aromatic heterocycles. The molecule has 3 nitrogen and oxygen atoms in total. The number of nitrogens with zero attached hydrogens (tertiary/aromatic N) is 2. The SMILES string of the molecule is Cc1cc(-c2ncc(C)c3c(C4CCC(C)(C)C4)cccc23)c2oc3nc(C)ccc3c2c1. The second kappa shape index (κ2) is 7.15. The number of pyridine rings is 2. The predicted molar refractivity (Wildman–Crippen MR) is 137 cm³/mol. The van der Waals surface area contributed by atoms with Gasteiger partial charge < -0.3 is 4.42 Å². The van der Waals surface area contributed by atoms with Crippen LogP contribution in [-0.4, -0.2) is 9.97 Å². The minimum absolute atomic E-state index is 0.415. The van der Waals surface area contributed by atoms with Gasteiger partial charge in [0.25, 0.3) is 0 Å². The molecule has 1 fully saturated rings. The van der Waals surface area contributed by atoms with Gasteiger partial charge >= 0.3 is 0 Å². The monoisotopic (exact) mass is 434 g/mol. The summed E-state index contributed by atoms with van der Waals surface area (Å²) in [6, 6.07) is 15.4. The van der Waals surface area contributed by atoms with E-state index in [0.29, 0.717) is 17.0 Å². The minimum atomic E-state index is 0.415. The summed E-state index contributed by atoms with van der Waals surface area (Å²) < 4.78 is 6.36. The van der Waals surface area contributed by atoms with Crippen LogP contribution < -0.4 is 0 Å². The van der Waals surface area contributed by atoms with Gasteiger partial charge in [-0.05, 0) is 97.7 Å². The first kappa shape index (κ1) is 20.4. The van der Waals surface area contributed by atoms with E-state index in [1.807, 2.05) is 19.2 Å². The van der Waals surface area contributed by atoms with E-state index in [9.17, 15) is 0 Å². The third-order valence-electron chi connectivity index (χ3n) is 7.52. The molecule has 1 saturated carbocycles. The van der Waals surface area contributed by atoms with Crippen LogP contribution in [0.5, 0.6) is 0 Å². The van der Waals surface area contributed by atoms with Crippen LogP contribution in [-0.2, 0) is 0 Å². The van der Waals surface area contributed by atoms with E-state index in [0.717, 1.165) is 33.3 Å². The Morgan fingerprint density at radius 3 is 2.61 bits per heavy atom.